The summed E-state index contributed by atoms with van der Waals surface area (Å²) in [5.41, 5.74) is 2.08. The van der Waals surface area contributed by atoms with Gasteiger partial charge in [-0.25, -0.2) is 0 Å². The average molecular weight is 269 g/mol. The highest BCUT2D eigenvalue weighted by molar-refractivity contribution is 5.98. The molecule has 3 nitrogen and oxygen atoms in total. The van der Waals surface area contributed by atoms with Crippen LogP contribution >= 0.6 is 0 Å². The van der Waals surface area contributed by atoms with Crippen LogP contribution in [0.3, 0.4) is 0 Å². The zero-order valence-electron chi connectivity index (χ0n) is 11.7. The molecule has 0 aromatic heterocycles. The highest BCUT2D eigenvalue weighted by Gasteiger charge is 2.45. The van der Waals surface area contributed by atoms with E-state index in [9.17, 15) is 4.79 Å². The first-order valence-corrected chi connectivity index (χ1v) is 7.44. The van der Waals surface area contributed by atoms with E-state index < -0.39 is 0 Å². The number of ether oxygens (including phenoxy) is 1. The molecule has 0 radical (unpaired) electrons. The van der Waals surface area contributed by atoms with Gasteiger partial charge in [0.15, 0.2) is 5.78 Å². The van der Waals surface area contributed by atoms with Crippen molar-refractivity contribution in [3.05, 3.63) is 47.2 Å². The third-order valence-electron chi connectivity index (χ3n) is 5.02. The Morgan fingerprint density at radius 2 is 1.95 bits per heavy atom. The molecular formula is C17H19NO2. The van der Waals surface area contributed by atoms with Crippen molar-refractivity contribution in [1.29, 1.82) is 0 Å². The van der Waals surface area contributed by atoms with Crippen LogP contribution in [0.4, 0.5) is 0 Å². The number of likely N-dealkylation sites (N-methyl/N-ethyl adjacent to an activating group) is 1. The van der Waals surface area contributed by atoms with Crippen molar-refractivity contribution in [3.8, 4) is 0 Å². The molecule has 3 atom stereocenters. The zero-order chi connectivity index (χ0) is 13.7. The van der Waals surface area contributed by atoms with Crippen molar-refractivity contribution in [2.45, 2.75) is 43.9 Å². The lowest BCUT2D eigenvalue weighted by atomic mass is 9.89. The van der Waals surface area contributed by atoms with E-state index >= 15 is 0 Å². The number of benzene rings is 1. The van der Waals surface area contributed by atoms with Gasteiger partial charge in [0.1, 0.15) is 11.9 Å². The van der Waals surface area contributed by atoms with Crippen molar-refractivity contribution >= 4 is 5.78 Å². The molecule has 3 heterocycles. The summed E-state index contributed by atoms with van der Waals surface area (Å²) >= 11 is 0. The summed E-state index contributed by atoms with van der Waals surface area (Å²) in [6.45, 7) is 0. The standard InChI is InChI=1S/C17H19NO2/c1-18-12-7-8-13(18)17-14(19)10-15(20-16(17)9-12)11-5-3-2-4-6-11/h2-6,12-13,15H,7-10H2,1H3/t12?,13?,15-/m1/s1. The maximum atomic E-state index is 12.6. The Kier molecular flexibility index (Phi) is 2.71. The van der Waals surface area contributed by atoms with Crippen LogP contribution in [-0.2, 0) is 9.53 Å². The van der Waals surface area contributed by atoms with E-state index in [1.165, 1.54) is 6.42 Å². The van der Waals surface area contributed by atoms with E-state index in [0.29, 0.717) is 18.5 Å². The van der Waals surface area contributed by atoms with Crippen LogP contribution in [0.15, 0.2) is 41.7 Å². The molecule has 1 fully saturated rings. The molecule has 0 amide bonds. The van der Waals surface area contributed by atoms with Crippen molar-refractivity contribution in [3.63, 3.8) is 0 Å². The Hall–Kier alpha value is -1.61. The molecule has 2 unspecified atom stereocenters. The highest BCUT2D eigenvalue weighted by atomic mass is 16.5. The summed E-state index contributed by atoms with van der Waals surface area (Å²) in [5, 5.41) is 0. The van der Waals surface area contributed by atoms with Crippen LogP contribution in [0, 0.1) is 0 Å². The lowest BCUT2D eigenvalue weighted by Gasteiger charge is -2.38. The number of rotatable bonds is 1. The van der Waals surface area contributed by atoms with E-state index in [4.69, 9.17) is 4.74 Å². The third kappa shape index (κ3) is 1.73. The molecule has 2 bridgehead atoms. The van der Waals surface area contributed by atoms with Gasteiger partial charge in [-0.2, -0.15) is 0 Å². The number of carbonyl (C=O) groups is 1. The second-order valence-corrected chi connectivity index (χ2v) is 6.10. The van der Waals surface area contributed by atoms with Gasteiger partial charge in [0.2, 0.25) is 0 Å². The summed E-state index contributed by atoms with van der Waals surface area (Å²) in [5.74, 6) is 1.26. The van der Waals surface area contributed by atoms with E-state index in [2.05, 4.69) is 11.9 Å². The van der Waals surface area contributed by atoms with Crippen LogP contribution in [0.5, 0.6) is 0 Å². The first-order valence-electron chi connectivity index (χ1n) is 7.44. The van der Waals surface area contributed by atoms with Crippen LogP contribution < -0.4 is 0 Å². The minimum atomic E-state index is -0.0924. The van der Waals surface area contributed by atoms with Gasteiger partial charge in [0, 0.05) is 18.5 Å². The van der Waals surface area contributed by atoms with Crippen LogP contribution in [0.1, 0.15) is 37.4 Å². The summed E-state index contributed by atoms with van der Waals surface area (Å²) in [7, 11) is 2.14. The molecule has 1 aromatic carbocycles. The quantitative estimate of drug-likeness (QED) is 0.785. The number of carbonyl (C=O) groups excluding carboxylic acids is 1. The van der Waals surface area contributed by atoms with E-state index in [0.717, 1.165) is 29.7 Å². The highest BCUT2D eigenvalue weighted by Crippen LogP contribution is 2.44. The fourth-order valence-electron chi connectivity index (χ4n) is 3.91. The number of Topliss-reactive ketones (excluding diaryl/α,β-unsaturated/α-hetero) is 1. The molecule has 3 aliphatic heterocycles. The molecule has 3 aliphatic rings. The van der Waals surface area contributed by atoms with Crippen LogP contribution in [0.2, 0.25) is 0 Å². The Morgan fingerprint density at radius 3 is 2.75 bits per heavy atom. The number of ketones is 1. The molecular weight excluding hydrogens is 250 g/mol. The molecule has 1 saturated heterocycles. The SMILES string of the molecule is CN1C2CCC1C1=C(C2)O[C@@H](c2ccccc2)CC1=O. The molecule has 3 heteroatoms. The molecule has 0 N–H and O–H groups in total. The lowest BCUT2D eigenvalue weighted by Crippen LogP contribution is -2.42. The number of hydrogen-bond acceptors (Lipinski definition) is 3. The molecule has 20 heavy (non-hydrogen) atoms. The maximum Gasteiger partial charge on any atom is 0.167 e. The van der Waals surface area contributed by atoms with Gasteiger partial charge in [0.05, 0.1) is 12.0 Å². The summed E-state index contributed by atoms with van der Waals surface area (Å²) < 4.78 is 6.21. The average Bonchev–Trinajstić information content (AvgIpc) is 2.72. The number of nitrogens with zero attached hydrogens (tertiary/aromatic N) is 1. The summed E-state index contributed by atoms with van der Waals surface area (Å²) in [4.78, 5) is 14.9. The lowest BCUT2D eigenvalue weighted by molar-refractivity contribution is -0.121. The monoisotopic (exact) mass is 269 g/mol. The Bertz CT molecular complexity index is 578. The number of fused-ring (bicyclic) bond motifs is 3. The molecule has 1 aromatic rings. The Labute approximate surface area is 119 Å². The van der Waals surface area contributed by atoms with Gasteiger partial charge in [0.25, 0.3) is 0 Å². The van der Waals surface area contributed by atoms with Gasteiger partial charge in [-0.3, -0.25) is 9.69 Å². The molecule has 0 saturated carbocycles. The van der Waals surface area contributed by atoms with E-state index in [1.807, 2.05) is 30.3 Å². The molecule has 0 aliphatic carbocycles. The second kappa shape index (κ2) is 4.45. The van der Waals surface area contributed by atoms with Gasteiger partial charge in [-0.1, -0.05) is 30.3 Å². The van der Waals surface area contributed by atoms with E-state index in [-0.39, 0.29) is 11.9 Å². The normalized spacial score (nSPS) is 33.0. The molecule has 0 spiro atoms. The largest absolute Gasteiger partial charge is 0.489 e. The van der Waals surface area contributed by atoms with Crippen molar-refractivity contribution in [2.75, 3.05) is 7.05 Å². The van der Waals surface area contributed by atoms with Crippen LogP contribution in [0.25, 0.3) is 0 Å². The maximum absolute atomic E-state index is 12.6. The molecule has 104 valence electrons. The van der Waals surface area contributed by atoms with Gasteiger partial charge in [-0.05, 0) is 25.5 Å². The predicted octanol–water partition coefficient (Wildman–Crippen LogP) is 2.84. The van der Waals surface area contributed by atoms with Crippen molar-refractivity contribution < 1.29 is 9.53 Å². The third-order valence-corrected chi connectivity index (χ3v) is 5.02. The van der Waals surface area contributed by atoms with Gasteiger partial charge >= 0.3 is 0 Å². The number of hydrogen-bond donors (Lipinski definition) is 0. The Balaban J connectivity index is 1.68. The molecule has 4 rings (SSSR count). The first-order chi connectivity index (χ1) is 9.74. The minimum absolute atomic E-state index is 0.0924. The summed E-state index contributed by atoms with van der Waals surface area (Å²) in [6, 6.07) is 11.0. The minimum Gasteiger partial charge on any atom is -0.489 e. The van der Waals surface area contributed by atoms with Gasteiger partial charge < -0.3 is 4.74 Å². The summed E-state index contributed by atoms with van der Waals surface area (Å²) in [6.07, 6.45) is 3.58. The zero-order valence-corrected chi connectivity index (χ0v) is 11.7. The van der Waals surface area contributed by atoms with Gasteiger partial charge in [-0.15, -0.1) is 0 Å². The predicted molar refractivity (Wildman–Crippen MR) is 76.1 cm³/mol. The van der Waals surface area contributed by atoms with Crippen LogP contribution in [-0.4, -0.2) is 29.8 Å². The topological polar surface area (TPSA) is 29.5 Å². The van der Waals surface area contributed by atoms with Crippen molar-refractivity contribution in [1.82, 2.24) is 4.90 Å². The van der Waals surface area contributed by atoms with E-state index in [1.54, 1.807) is 0 Å². The fourth-order valence-corrected chi connectivity index (χ4v) is 3.91. The van der Waals surface area contributed by atoms with Crippen molar-refractivity contribution in [2.24, 2.45) is 0 Å². The Morgan fingerprint density at radius 1 is 1.15 bits per heavy atom. The second-order valence-electron chi connectivity index (χ2n) is 6.10. The smallest absolute Gasteiger partial charge is 0.167 e. The fraction of sp³-hybridized carbons (Fsp3) is 0.471. The first kappa shape index (κ1) is 12.2.